The minimum atomic E-state index is 0. The first kappa shape index (κ1) is 21.2. The first-order valence-corrected chi connectivity index (χ1v) is 7.86. The minimum absolute atomic E-state index is 0. The van der Waals surface area contributed by atoms with Crippen molar-refractivity contribution >= 4 is 29.9 Å². The quantitative estimate of drug-likeness (QED) is 0.388. The number of rotatable bonds is 8. The van der Waals surface area contributed by atoms with Crippen LogP contribution in [-0.2, 0) is 6.54 Å². The van der Waals surface area contributed by atoms with Gasteiger partial charge in [0.15, 0.2) is 5.96 Å². The van der Waals surface area contributed by atoms with Gasteiger partial charge in [-0.3, -0.25) is 4.99 Å². The second-order valence-electron chi connectivity index (χ2n) is 5.76. The molecule has 1 aromatic rings. The Balaban J connectivity index is 0.00000441. The molecule has 5 heteroatoms. The van der Waals surface area contributed by atoms with E-state index >= 15 is 0 Å². The van der Waals surface area contributed by atoms with Gasteiger partial charge >= 0.3 is 0 Å². The number of halogens is 1. The summed E-state index contributed by atoms with van der Waals surface area (Å²) in [6.45, 7) is 11.1. The van der Waals surface area contributed by atoms with Crippen LogP contribution in [0, 0.1) is 5.92 Å². The Bertz CT molecular complexity index is 406. The maximum atomic E-state index is 4.57. The van der Waals surface area contributed by atoms with E-state index in [4.69, 9.17) is 0 Å². The van der Waals surface area contributed by atoms with E-state index < -0.39 is 0 Å². The van der Waals surface area contributed by atoms with Gasteiger partial charge in [0.25, 0.3) is 0 Å². The maximum absolute atomic E-state index is 4.57. The second kappa shape index (κ2) is 12.7. The third-order valence-electron chi connectivity index (χ3n) is 3.04. The van der Waals surface area contributed by atoms with E-state index in [-0.39, 0.29) is 24.0 Å². The molecule has 0 saturated carbocycles. The highest BCUT2D eigenvalue weighted by atomic mass is 127. The van der Waals surface area contributed by atoms with E-state index in [1.54, 1.807) is 0 Å². The van der Waals surface area contributed by atoms with Gasteiger partial charge < -0.3 is 15.5 Å². The molecule has 0 heterocycles. The van der Waals surface area contributed by atoms with Gasteiger partial charge in [-0.1, -0.05) is 44.2 Å². The van der Waals surface area contributed by atoms with E-state index in [9.17, 15) is 0 Å². The molecule has 1 aromatic carbocycles. The minimum Gasteiger partial charge on any atom is -0.357 e. The van der Waals surface area contributed by atoms with Crippen molar-refractivity contribution in [1.29, 1.82) is 0 Å². The number of hydrogen-bond acceptors (Lipinski definition) is 2. The van der Waals surface area contributed by atoms with Gasteiger partial charge in [0.2, 0.25) is 0 Å². The Labute approximate surface area is 152 Å². The van der Waals surface area contributed by atoms with Crippen LogP contribution in [-0.4, -0.2) is 44.1 Å². The van der Waals surface area contributed by atoms with Crippen molar-refractivity contribution in [2.45, 2.75) is 27.3 Å². The Morgan fingerprint density at radius 2 is 1.86 bits per heavy atom. The van der Waals surface area contributed by atoms with Crippen LogP contribution in [0.2, 0.25) is 0 Å². The van der Waals surface area contributed by atoms with Gasteiger partial charge in [-0.05, 0) is 25.5 Å². The predicted octanol–water partition coefficient (Wildman–Crippen LogP) is 2.95. The van der Waals surface area contributed by atoms with E-state index in [0.29, 0.717) is 5.92 Å². The Hall–Kier alpha value is -0.820. The molecule has 0 aliphatic rings. The highest BCUT2D eigenvalue weighted by Gasteiger charge is 2.02. The van der Waals surface area contributed by atoms with Gasteiger partial charge in [-0.2, -0.15) is 0 Å². The molecular formula is C17H31IN4. The SMILES string of the molecule is CCNC(=NCC(C)C)NCCN(C)Cc1ccccc1.I. The fourth-order valence-electron chi connectivity index (χ4n) is 1.95. The number of nitrogens with zero attached hydrogens (tertiary/aromatic N) is 2. The molecule has 126 valence electrons. The molecule has 1 rings (SSSR count). The summed E-state index contributed by atoms with van der Waals surface area (Å²) in [4.78, 5) is 6.88. The van der Waals surface area contributed by atoms with Crippen molar-refractivity contribution in [2.75, 3.05) is 33.2 Å². The predicted molar refractivity (Wildman–Crippen MR) is 107 cm³/mol. The summed E-state index contributed by atoms with van der Waals surface area (Å²) in [5.74, 6) is 1.50. The van der Waals surface area contributed by atoms with Crippen LogP contribution >= 0.6 is 24.0 Å². The van der Waals surface area contributed by atoms with Crippen LogP contribution < -0.4 is 10.6 Å². The van der Waals surface area contributed by atoms with Crippen molar-refractivity contribution in [1.82, 2.24) is 15.5 Å². The van der Waals surface area contributed by atoms with Crippen molar-refractivity contribution in [2.24, 2.45) is 10.9 Å². The molecule has 0 aromatic heterocycles. The fraction of sp³-hybridized carbons (Fsp3) is 0.588. The van der Waals surface area contributed by atoms with Crippen LogP contribution in [0.25, 0.3) is 0 Å². The third-order valence-corrected chi connectivity index (χ3v) is 3.04. The molecule has 2 N–H and O–H groups in total. The van der Waals surface area contributed by atoms with Crippen molar-refractivity contribution < 1.29 is 0 Å². The molecule has 0 amide bonds. The summed E-state index contributed by atoms with van der Waals surface area (Å²) in [7, 11) is 2.15. The molecular weight excluding hydrogens is 387 g/mol. The standard InChI is InChI=1S/C17H30N4.HI/c1-5-18-17(20-13-15(2)3)19-11-12-21(4)14-16-9-7-6-8-10-16;/h6-10,15H,5,11-14H2,1-4H3,(H2,18,19,20);1H. The van der Waals surface area contributed by atoms with E-state index in [1.807, 2.05) is 0 Å². The smallest absolute Gasteiger partial charge is 0.191 e. The second-order valence-corrected chi connectivity index (χ2v) is 5.76. The van der Waals surface area contributed by atoms with Gasteiger partial charge in [0, 0.05) is 32.7 Å². The van der Waals surface area contributed by atoms with E-state index in [1.165, 1.54) is 5.56 Å². The Kier molecular flexibility index (Phi) is 12.2. The maximum Gasteiger partial charge on any atom is 0.191 e. The first-order valence-electron chi connectivity index (χ1n) is 7.86. The number of guanidine groups is 1. The number of likely N-dealkylation sites (N-methyl/N-ethyl adjacent to an activating group) is 1. The number of hydrogen-bond donors (Lipinski definition) is 2. The van der Waals surface area contributed by atoms with Crippen molar-refractivity contribution in [3.63, 3.8) is 0 Å². The van der Waals surface area contributed by atoms with Crippen LogP contribution in [0.4, 0.5) is 0 Å². The molecule has 4 nitrogen and oxygen atoms in total. The summed E-state index contributed by atoms with van der Waals surface area (Å²) >= 11 is 0. The number of nitrogens with one attached hydrogen (secondary N) is 2. The third kappa shape index (κ3) is 10.00. The average molecular weight is 418 g/mol. The molecule has 0 saturated heterocycles. The van der Waals surface area contributed by atoms with Crippen LogP contribution in [0.5, 0.6) is 0 Å². The monoisotopic (exact) mass is 418 g/mol. The lowest BCUT2D eigenvalue weighted by Crippen LogP contribution is -2.41. The summed E-state index contributed by atoms with van der Waals surface area (Å²) in [5, 5.41) is 6.67. The topological polar surface area (TPSA) is 39.7 Å². The molecule has 0 aliphatic carbocycles. The van der Waals surface area contributed by atoms with Gasteiger partial charge in [-0.25, -0.2) is 0 Å². The summed E-state index contributed by atoms with van der Waals surface area (Å²) in [6.07, 6.45) is 0. The molecule has 0 aliphatic heterocycles. The fourth-order valence-corrected chi connectivity index (χ4v) is 1.95. The van der Waals surface area contributed by atoms with Crippen molar-refractivity contribution in [3.8, 4) is 0 Å². The largest absolute Gasteiger partial charge is 0.357 e. The Morgan fingerprint density at radius 1 is 1.18 bits per heavy atom. The zero-order valence-electron chi connectivity index (χ0n) is 14.3. The zero-order chi connectivity index (χ0) is 15.5. The van der Waals surface area contributed by atoms with Crippen LogP contribution in [0.3, 0.4) is 0 Å². The summed E-state index contributed by atoms with van der Waals surface area (Å²) in [6, 6.07) is 10.6. The van der Waals surface area contributed by atoms with Crippen LogP contribution in [0.1, 0.15) is 26.3 Å². The zero-order valence-corrected chi connectivity index (χ0v) is 16.6. The summed E-state index contributed by atoms with van der Waals surface area (Å²) < 4.78 is 0. The first-order chi connectivity index (χ1) is 10.1. The van der Waals surface area contributed by atoms with E-state index in [2.05, 4.69) is 78.7 Å². The summed E-state index contributed by atoms with van der Waals surface area (Å²) in [5.41, 5.74) is 1.35. The van der Waals surface area contributed by atoms with Crippen molar-refractivity contribution in [3.05, 3.63) is 35.9 Å². The lowest BCUT2D eigenvalue weighted by atomic mass is 10.2. The molecule has 0 unspecified atom stereocenters. The highest BCUT2D eigenvalue weighted by molar-refractivity contribution is 14.0. The molecule has 22 heavy (non-hydrogen) atoms. The molecule has 0 spiro atoms. The number of aliphatic imine (C=N–C) groups is 1. The van der Waals surface area contributed by atoms with Crippen LogP contribution in [0.15, 0.2) is 35.3 Å². The van der Waals surface area contributed by atoms with Gasteiger partial charge in [0.05, 0.1) is 0 Å². The Morgan fingerprint density at radius 3 is 2.45 bits per heavy atom. The van der Waals surface area contributed by atoms with Gasteiger partial charge in [0.1, 0.15) is 0 Å². The molecule has 0 radical (unpaired) electrons. The number of benzene rings is 1. The molecule has 0 fully saturated rings. The molecule has 0 atom stereocenters. The lowest BCUT2D eigenvalue weighted by molar-refractivity contribution is 0.331. The highest BCUT2D eigenvalue weighted by Crippen LogP contribution is 2.01. The van der Waals surface area contributed by atoms with E-state index in [0.717, 1.165) is 38.7 Å². The molecule has 0 bridgehead atoms. The normalized spacial score (nSPS) is 11.5. The lowest BCUT2D eigenvalue weighted by Gasteiger charge is -2.18. The average Bonchev–Trinajstić information content (AvgIpc) is 2.45. The van der Waals surface area contributed by atoms with Gasteiger partial charge in [-0.15, -0.1) is 24.0 Å².